The first-order chi connectivity index (χ1) is 6.83. The van der Waals surface area contributed by atoms with Crippen molar-refractivity contribution in [2.24, 2.45) is 0 Å². The van der Waals surface area contributed by atoms with Gasteiger partial charge in [0.2, 0.25) is 0 Å². The van der Waals surface area contributed by atoms with E-state index in [1.807, 2.05) is 6.92 Å². The van der Waals surface area contributed by atoms with Crippen LogP contribution in [0.25, 0.3) is 0 Å². The van der Waals surface area contributed by atoms with Crippen LogP contribution >= 0.6 is 11.3 Å². The molecule has 0 saturated heterocycles. The van der Waals surface area contributed by atoms with E-state index in [9.17, 15) is 0 Å². The van der Waals surface area contributed by atoms with E-state index in [0.717, 1.165) is 11.6 Å². The maximum absolute atomic E-state index is 6.00. The zero-order valence-corrected chi connectivity index (χ0v) is 9.45. The highest BCUT2D eigenvalue weighted by molar-refractivity contribution is 7.16. The van der Waals surface area contributed by atoms with Gasteiger partial charge < -0.3 is 10.5 Å². The van der Waals surface area contributed by atoms with Crippen LogP contribution in [0.2, 0.25) is 0 Å². The summed E-state index contributed by atoms with van der Waals surface area (Å²) in [7, 11) is 0. The second-order valence-corrected chi connectivity index (χ2v) is 4.83. The first-order valence-electron chi connectivity index (χ1n) is 5.29. The molecule has 0 amide bonds. The van der Waals surface area contributed by atoms with Gasteiger partial charge >= 0.3 is 0 Å². The van der Waals surface area contributed by atoms with Gasteiger partial charge in [-0.1, -0.05) is 0 Å². The van der Waals surface area contributed by atoms with Crippen LogP contribution in [0.15, 0.2) is 0 Å². The molecule has 0 spiro atoms. The molecule has 0 bridgehead atoms. The van der Waals surface area contributed by atoms with E-state index in [1.54, 1.807) is 11.3 Å². The molecule has 1 heterocycles. The summed E-state index contributed by atoms with van der Waals surface area (Å²) < 4.78 is 5.45. The third kappa shape index (κ3) is 1.79. The van der Waals surface area contributed by atoms with Crippen molar-refractivity contribution in [2.45, 2.75) is 39.2 Å². The standard InChI is InChI=1S/C11H17NOS/c1-2-13-7-9-8-5-3-4-6-10(8)14-11(9)12/h2-7,12H2,1H3. The summed E-state index contributed by atoms with van der Waals surface area (Å²) in [6.45, 7) is 3.49. The normalized spacial score (nSPS) is 15.5. The van der Waals surface area contributed by atoms with Crippen molar-refractivity contribution in [1.29, 1.82) is 0 Å². The SMILES string of the molecule is CCOCc1c(N)sc2c1CCCC2. The van der Waals surface area contributed by atoms with Crippen molar-refractivity contribution < 1.29 is 4.74 Å². The molecule has 0 fully saturated rings. The lowest BCUT2D eigenvalue weighted by molar-refractivity contribution is 0.134. The van der Waals surface area contributed by atoms with Crippen molar-refractivity contribution in [3.63, 3.8) is 0 Å². The molecule has 1 aliphatic rings. The number of ether oxygens (including phenoxy) is 1. The maximum Gasteiger partial charge on any atom is 0.0918 e. The fourth-order valence-corrected chi connectivity index (χ4v) is 3.18. The fraction of sp³-hybridized carbons (Fsp3) is 0.636. The lowest BCUT2D eigenvalue weighted by Crippen LogP contribution is -2.03. The van der Waals surface area contributed by atoms with E-state index in [4.69, 9.17) is 10.5 Å². The Morgan fingerprint density at radius 1 is 1.36 bits per heavy atom. The molecule has 0 atom stereocenters. The average molecular weight is 211 g/mol. The van der Waals surface area contributed by atoms with Crippen molar-refractivity contribution in [1.82, 2.24) is 0 Å². The highest BCUT2D eigenvalue weighted by Crippen LogP contribution is 2.36. The Balaban J connectivity index is 2.24. The van der Waals surface area contributed by atoms with E-state index < -0.39 is 0 Å². The van der Waals surface area contributed by atoms with Crippen molar-refractivity contribution in [2.75, 3.05) is 12.3 Å². The number of fused-ring (bicyclic) bond motifs is 1. The average Bonchev–Trinajstić information content (AvgIpc) is 2.51. The number of aryl methyl sites for hydroxylation is 1. The quantitative estimate of drug-likeness (QED) is 0.834. The molecule has 0 aromatic carbocycles. The first kappa shape index (κ1) is 9.99. The van der Waals surface area contributed by atoms with Crippen molar-refractivity contribution in [3.8, 4) is 0 Å². The van der Waals surface area contributed by atoms with E-state index in [2.05, 4.69) is 0 Å². The minimum atomic E-state index is 0.703. The molecule has 0 radical (unpaired) electrons. The molecule has 14 heavy (non-hydrogen) atoms. The molecule has 2 nitrogen and oxygen atoms in total. The van der Waals surface area contributed by atoms with Crippen LogP contribution in [-0.2, 0) is 24.2 Å². The number of hydrogen-bond acceptors (Lipinski definition) is 3. The van der Waals surface area contributed by atoms with Gasteiger partial charge in [0, 0.05) is 17.0 Å². The van der Waals surface area contributed by atoms with Crippen LogP contribution in [0.1, 0.15) is 35.8 Å². The van der Waals surface area contributed by atoms with Crippen molar-refractivity contribution in [3.05, 3.63) is 16.0 Å². The Morgan fingerprint density at radius 3 is 2.93 bits per heavy atom. The molecular formula is C11H17NOS. The van der Waals surface area contributed by atoms with Crippen LogP contribution in [0.5, 0.6) is 0 Å². The largest absolute Gasteiger partial charge is 0.390 e. The second kappa shape index (κ2) is 4.32. The Morgan fingerprint density at radius 2 is 2.14 bits per heavy atom. The second-order valence-electron chi connectivity index (χ2n) is 3.69. The molecule has 2 N–H and O–H groups in total. The minimum Gasteiger partial charge on any atom is -0.390 e. The molecule has 0 unspecified atom stereocenters. The topological polar surface area (TPSA) is 35.2 Å². The molecule has 3 heteroatoms. The Labute approximate surface area is 89.1 Å². The van der Waals surface area contributed by atoms with Crippen LogP contribution in [0, 0.1) is 0 Å². The van der Waals surface area contributed by atoms with E-state index in [0.29, 0.717) is 6.61 Å². The number of thiophene rings is 1. The van der Waals surface area contributed by atoms with Gasteiger partial charge in [-0.05, 0) is 38.2 Å². The highest BCUT2D eigenvalue weighted by Gasteiger charge is 2.18. The van der Waals surface area contributed by atoms with Gasteiger partial charge in [-0.15, -0.1) is 11.3 Å². The van der Waals surface area contributed by atoms with Gasteiger partial charge in [0.1, 0.15) is 0 Å². The van der Waals surface area contributed by atoms with Gasteiger partial charge in [-0.2, -0.15) is 0 Å². The molecule has 1 aliphatic carbocycles. The molecule has 1 aromatic heterocycles. The van der Waals surface area contributed by atoms with Crippen LogP contribution < -0.4 is 5.73 Å². The van der Waals surface area contributed by atoms with Crippen molar-refractivity contribution >= 4 is 16.3 Å². The summed E-state index contributed by atoms with van der Waals surface area (Å²) in [4.78, 5) is 1.50. The van der Waals surface area contributed by atoms with E-state index >= 15 is 0 Å². The zero-order valence-electron chi connectivity index (χ0n) is 8.64. The van der Waals surface area contributed by atoms with Gasteiger partial charge in [0.05, 0.1) is 11.6 Å². The number of anilines is 1. The van der Waals surface area contributed by atoms with Crippen LogP contribution in [0.4, 0.5) is 5.00 Å². The first-order valence-corrected chi connectivity index (χ1v) is 6.11. The molecule has 2 rings (SSSR count). The lowest BCUT2D eigenvalue weighted by Gasteiger charge is -2.12. The van der Waals surface area contributed by atoms with E-state index in [-0.39, 0.29) is 0 Å². The summed E-state index contributed by atoms with van der Waals surface area (Å²) >= 11 is 1.77. The lowest BCUT2D eigenvalue weighted by atomic mass is 9.96. The zero-order chi connectivity index (χ0) is 9.97. The molecule has 1 aromatic rings. The van der Waals surface area contributed by atoms with Gasteiger partial charge in [0.25, 0.3) is 0 Å². The Bertz CT molecular complexity index is 319. The number of rotatable bonds is 3. The smallest absolute Gasteiger partial charge is 0.0918 e. The predicted molar refractivity (Wildman–Crippen MR) is 60.7 cm³/mol. The van der Waals surface area contributed by atoms with Crippen LogP contribution in [0.3, 0.4) is 0 Å². The summed E-state index contributed by atoms with van der Waals surface area (Å²) in [5.41, 5.74) is 8.76. The minimum absolute atomic E-state index is 0.703. The summed E-state index contributed by atoms with van der Waals surface area (Å²) in [5.74, 6) is 0. The molecule has 0 aliphatic heterocycles. The van der Waals surface area contributed by atoms with Gasteiger partial charge in [-0.3, -0.25) is 0 Å². The summed E-state index contributed by atoms with van der Waals surface area (Å²) in [5, 5.41) is 0.977. The molecule has 78 valence electrons. The number of nitrogen functional groups attached to an aromatic ring is 1. The predicted octanol–water partition coefficient (Wildman–Crippen LogP) is 2.75. The third-order valence-corrected chi connectivity index (χ3v) is 3.93. The Hall–Kier alpha value is -0.540. The van der Waals surface area contributed by atoms with Crippen LogP contribution in [-0.4, -0.2) is 6.61 Å². The molecule has 0 saturated carbocycles. The summed E-state index contributed by atoms with van der Waals surface area (Å²) in [6, 6.07) is 0. The van der Waals surface area contributed by atoms with Gasteiger partial charge in [0.15, 0.2) is 0 Å². The fourth-order valence-electron chi connectivity index (χ4n) is 2.01. The highest BCUT2D eigenvalue weighted by atomic mass is 32.1. The maximum atomic E-state index is 6.00. The third-order valence-electron chi connectivity index (χ3n) is 2.76. The van der Waals surface area contributed by atoms with E-state index in [1.165, 1.54) is 41.7 Å². The number of nitrogens with two attached hydrogens (primary N) is 1. The summed E-state index contributed by atoms with van der Waals surface area (Å²) in [6.07, 6.45) is 5.05. The monoisotopic (exact) mass is 211 g/mol. The Kier molecular flexibility index (Phi) is 3.08. The van der Waals surface area contributed by atoms with Gasteiger partial charge in [-0.25, -0.2) is 0 Å². The number of hydrogen-bond donors (Lipinski definition) is 1. The molecular weight excluding hydrogens is 194 g/mol.